The van der Waals surface area contributed by atoms with E-state index in [0.29, 0.717) is 10.6 Å². The summed E-state index contributed by atoms with van der Waals surface area (Å²) in [6.07, 6.45) is -2.44. The molecule has 0 spiro atoms. The summed E-state index contributed by atoms with van der Waals surface area (Å²) in [5.74, 6) is 0. The minimum atomic E-state index is -4.13. The van der Waals surface area contributed by atoms with Gasteiger partial charge in [0.25, 0.3) is 0 Å². The summed E-state index contributed by atoms with van der Waals surface area (Å²) in [6.45, 7) is 3.20. The van der Waals surface area contributed by atoms with Crippen LogP contribution in [0.15, 0.2) is 22.8 Å². The smallest absolute Gasteiger partial charge is 0.171 e. The highest BCUT2D eigenvalue weighted by molar-refractivity contribution is 6.29. The maximum absolute atomic E-state index is 11.7. The minimum Gasteiger partial charge on any atom is -0.171 e. The lowest BCUT2D eigenvalue weighted by Gasteiger charge is -2.01. The van der Waals surface area contributed by atoms with E-state index in [2.05, 4.69) is 0 Å². The van der Waals surface area contributed by atoms with Gasteiger partial charge in [0.2, 0.25) is 0 Å². The molecule has 0 aromatic heterocycles. The number of alkyl halides is 3. The van der Waals surface area contributed by atoms with Crippen LogP contribution in [0, 0.1) is 0 Å². The van der Waals surface area contributed by atoms with Gasteiger partial charge in [0.15, 0.2) is 0 Å². The van der Waals surface area contributed by atoms with Crippen molar-refractivity contribution >= 4 is 11.6 Å². The predicted octanol–water partition coefficient (Wildman–Crippen LogP) is 4.03. The molecule has 0 aliphatic rings. The van der Waals surface area contributed by atoms with Gasteiger partial charge in [0.1, 0.15) is 0 Å². The van der Waals surface area contributed by atoms with Gasteiger partial charge in [-0.2, -0.15) is 13.2 Å². The molecule has 0 saturated heterocycles. The monoisotopic (exact) mass is 198 g/mol. The lowest BCUT2D eigenvalue weighted by molar-refractivity contribution is -0.125. The topological polar surface area (TPSA) is 0 Å². The average Bonchev–Trinajstić information content (AvgIpc) is 1.80. The van der Waals surface area contributed by atoms with E-state index in [1.165, 1.54) is 6.08 Å². The maximum atomic E-state index is 11.7. The summed E-state index contributed by atoms with van der Waals surface area (Å²) in [6, 6.07) is 0. The summed E-state index contributed by atoms with van der Waals surface area (Å²) in [5, 5.41) is 0.478. The van der Waals surface area contributed by atoms with Crippen molar-refractivity contribution < 1.29 is 13.2 Å². The predicted molar refractivity (Wildman–Crippen MR) is 44.0 cm³/mol. The third kappa shape index (κ3) is 7.66. The Morgan fingerprint density at radius 3 is 2.17 bits per heavy atom. The highest BCUT2D eigenvalue weighted by Crippen LogP contribution is 2.21. The van der Waals surface area contributed by atoms with Crippen LogP contribution in [-0.4, -0.2) is 6.18 Å². The van der Waals surface area contributed by atoms with Crippen LogP contribution in [0.4, 0.5) is 13.2 Å². The Hall–Kier alpha value is -0.440. The summed E-state index contributed by atoms with van der Waals surface area (Å²) in [7, 11) is 0. The summed E-state index contributed by atoms with van der Waals surface area (Å²) in [5.41, 5.74) is 0.528. The molecular weight excluding hydrogens is 189 g/mol. The van der Waals surface area contributed by atoms with Crippen LogP contribution in [0.1, 0.15) is 20.3 Å². The van der Waals surface area contributed by atoms with Gasteiger partial charge in [-0.25, -0.2) is 0 Å². The molecule has 0 rings (SSSR count). The fourth-order valence-electron chi connectivity index (χ4n) is 0.649. The summed E-state index contributed by atoms with van der Waals surface area (Å²) >= 11 is 5.46. The SMILES string of the molecule is CC(=C/CC(F)(F)F)/C=C(\C)Cl. The van der Waals surface area contributed by atoms with E-state index in [1.807, 2.05) is 0 Å². The van der Waals surface area contributed by atoms with Gasteiger partial charge in [0, 0.05) is 5.03 Å². The third-order valence-electron chi connectivity index (χ3n) is 1.08. The van der Waals surface area contributed by atoms with Gasteiger partial charge in [-0.15, -0.1) is 0 Å². The zero-order chi connectivity index (χ0) is 9.78. The van der Waals surface area contributed by atoms with Gasteiger partial charge in [-0.1, -0.05) is 23.3 Å². The van der Waals surface area contributed by atoms with Crippen LogP contribution >= 0.6 is 11.6 Å². The van der Waals surface area contributed by atoms with Crippen molar-refractivity contribution in [3.05, 3.63) is 22.8 Å². The van der Waals surface area contributed by atoms with Crippen LogP contribution in [0.25, 0.3) is 0 Å². The van der Waals surface area contributed by atoms with Gasteiger partial charge in [-0.3, -0.25) is 0 Å². The number of halogens is 4. The molecule has 0 amide bonds. The van der Waals surface area contributed by atoms with Crippen LogP contribution in [-0.2, 0) is 0 Å². The zero-order valence-corrected chi connectivity index (χ0v) is 7.63. The second kappa shape index (κ2) is 4.55. The van der Waals surface area contributed by atoms with Gasteiger partial charge in [-0.05, 0) is 19.9 Å². The largest absolute Gasteiger partial charge is 0.392 e. The molecule has 0 aliphatic carbocycles. The molecule has 0 saturated carbocycles. The normalized spacial score (nSPS) is 15.2. The van der Waals surface area contributed by atoms with Crippen molar-refractivity contribution in [1.29, 1.82) is 0 Å². The first kappa shape index (κ1) is 11.6. The quantitative estimate of drug-likeness (QED) is 0.588. The molecule has 0 fully saturated rings. The maximum Gasteiger partial charge on any atom is 0.392 e. The minimum absolute atomic E-state index is 0.478. The standard InChI is InChI=1S/C8H10ClF3/c1-6(5-7(2)9)3-4-8(10,11)12/h3,5H,4H2,1-2H3/b6-3-,7-5+. The van der Waals surface area contributed by atoms with E-state index in [9.17, 15) is 13.2 Å². The number of rotatable bonds is 2. The van der Waals surface area contributed by atoms with Crippen molar-refractivity contribution in [2.24, 2.45) is 0 Å². The van der Waals surface area contributed by atoms with Crippen LogP contribution in [0.5, 0.6) is 0 Å². The van der Waals surface area contributed by atoms with Crippen LogP contribution < -0.4 is 0 Å². The summed E-state index contributed by atoms with van der Waals surface area (Å²) in [4.78, 5) is 0. The average molecular weight is 199 g/mol. The first-order valence-electron chi connectivity index (χ1n) is 3.38. The van der Waals surface area contributed by atoms with Crippen molar-refractivity contribution in [1.82, 2.24) is 0 Å². The fraction of sp³-hybridized carbons (Fsp3) is 0.500. The van der Waals surface area contributed by atoms with Gasteiger partial charge < -0.3 is 0 Å². The molecule has 12 heavy (non-hydrogen) atoms. The Kier molecular flexibility index (Phi) is 4.39. The molecule has 0 aromatic carbocycles. The molecule has 0 heterocycles. The Balaban J connectivity index is 4.12. The molecule has 0 bridgehead atoms. The van der Waals surface area contributed by atoms with Crippen LogP contribution in [0.3, 0.4) is 0 Å². The van der Waals surface area contributed by atoms with E-state index < -0.39 is 12.6 Å². The first-order chi connectivity index (χ1) is 5.31. The van der Waals surface area contributed by atoms with Crippen molar-refractivity contribution in [2.45, 2.75) is 26.4 Å². The van der Waals surface area contributed by atoms with E-state index in [-0.39, 0.29) is 0 Å². The second-order valence-corrected chi connectivity index (χ2v) is 3.09. The molecule has 0 aliphatic heterocycles. The Bertz CT molecular complexity index is 197. The van der Waals surface area contributed by atoms with Crippen LogP contribution in [0.2, 0.25) is 0 Å². The highest BCUT2D eigenvalue weighted by atomic mass is 35.5. The van der Waals surface area contributed by atoms with Crippen molar-refractivity contribution in [3.8, 4) is 0 Å². The molecular formula is C8H10ClF3. The molecule has 0 aromatic rings. The lowest BCUT2D eigenvalue weighted by atomic mass is 10.2. The Morgan fingerprint density at radius 2 is 1.83 bits per heavy atom. The van der Waals surface area contributed by atoms with Gasteiger partial charge >= 0.3 is 6.18 Å². The molecule has 0 radical (unpaired) electrons. The fourth-order valence-corrected chi connectivity index (χ4v) is 0.821. The Labute approximate surface area is 74.7 Å². The van der Waals surface area contributed by atoms with E-state index in [4.69, 9.17) is 11.6 Å². The Morgan fingerprint density at radius 1 is 1.33 bits per heavy atom. The number of hydrogen-bond donors (Lipinski definition) is 0. The number of allylic oxidation sites excluding steroid dienone is 4. The van der Waals surface area contributed by atoms with Crippen molar-refractivity contribution in [3.63, 3.8) is 0 Å². The molecule has 4 heteroatoms. The molecule has 0 unspecified atom stereocenters. The van der Waals surface area contributed by atoms with E-state index in [0.717, 1.165) is 6.08 Å². The first-order valence-corrected chi connectivity index (χ1v) is 3.76. The molecule has 0 nitrogen and oxygen atoms in total. The molecule has 0 N–H and O–H groups in total. The van der Waals surface area contributed by atoms with Crippen molar-refractivity contribution in [2.75, 3.05) is 0 Å². The lowest BCUT2D eigenvalue weighted by Crippen LogP contribution is -2.04. The summed E-state index contributed by atoms with van der Waals surface area (Å²) < 4.78 is 35.0. The third-order valence-corrected chi connectivity index (χ3v) is 1.19. The van der Waals surface area contributed by atoms with E-state index in [1.54, 1.807) is 13.8 Å². The zero-order valence-electron chi connectivity index (χ0n) is 6.87. The van der Waals surface area contributed by atoms with Gasteiger partial charge in [0.05, 0.1) is 6.42 Å². The van der Waals surface area contributed by atoms with E-state index >= 15 is 0 Å². The highest BCUT2D eigenvalue weighted by Gasteiger charge is 2.24. The molecule has 70 valence electrons. The second-order valence-electron chi connectivity index (χ2n) is 2.50. The molecule has 0 atom stereocenters. The number of hydrogen-bond acceptors (Lipinski definition) is 0.